The maximum absolute atomic E-state index is 14.4. The molecule has 0 aliphatic heterocycles. The van der Waals surface area contributed by atoms with Gasteiger partial charge < -0.3 is 10.4 Å². The number of benzene rings is 3. The summed E-state index contributed by atoms with van der Waals surface area (Å²) in [6.07, 6.45) is -9.41. The highest BCUT2D eigenvalue weighted by Crippen LogP contribution is 2.44. The van der Waals surface area contributed by atoms with Crippen LogP contribution in [0.1, 0.15) is 48.4 Å². The third kappa shape index (κ3) is 6.59. The Bertz CT molecular complexity index is 1190. The van der Waals surface area contributed by atoms with Crippen molar-refractivity contribution in [3.05, 3.63) is 89.0 Å². The second-order valence-corrected chi connectivity index (χ2v) is 8.92. The van der Waals surface area contributed by atoms with E-state index >= 15 is 0 Å². The number of carbonyl (C=O) groups is 1. The summed E-state index contributed by atoms with van der Waals surface area (Å²) in [5, 5.41) is 12.5. The van der Waals surface area contributed by atoms with Gasteiger partial charge >= 0.3 is 18.3 Å². The van der Waals surface area contributed by atoms with Crippen molar-refractivity contribution >= 4 is 11.7 Å². The molecule has 36 heavy (non-hydrogen) atoms. The first-order chi connectivity index (χ1) is 16.8. The number of carboxylic acid groups (broad SMARTS) is 1. The minimum absolute atomic E-state index is 0.00496. The molecule has 0 aliphatic rings. The first-order valence-electron chi connectivity index (χ1n) is 11.2. The van der Waals surface area contributed by atoms with E-state index in [4.69, 9.17) is 0 Å². The van der Waals surface area contributed by atoms with Crippen LogP contribution in [0.4, 0.5) is 32.0 Å². The van der Waals surface area contributed by atoms with E-state index in [2.05, 4.69) is 5.32 Å². The number of hydrogen-bond donors (Lipinski definition) is 2. The number of rotatable bonds is 8. The summed E-state index contributed by atoms with van der Waals surface area (Å²) in [6.45, 7) is 3.27. The largest absolute Gasteiger partial charge is 0.481 e. The number of anilines is 1. The zero-order chi connectivity index (χ0) is 26.7. The quantitative estimate of drug-likeness (QED) is 0.301. The second-order valence-electron chi connectivity index (χ2n) is 8.92. The van der Waals surface area contributed by atoms with E-state index in [1.807, 2.05) is 0 Å². The van der Waals surface area contributed by atoms with Crippen LogP contribution in [0.2, 0.25) is 0 Å². The van der Waals surface area contributed by atoms with Crippen molar-refractivity contribution in [3.63, 3.8) is 0 Å². The Morgan fingerprint density at radius 3 is 1.97 bits per heavy atom. The number of hydrogen-bond acceptors (Lipinski definition) is 2. The minimum atomic E-state index is -4.88. The molecule has 0 amide bonds. The lowest BCUT2D eigenvalue weighted by Gasteiger charge is -2.25. The van der Waals surface area contributed by atoms with Crippen molar-refractivity contribution in [2.45, 2.75) is 45.1 Å². The van der Waals surface area contributed by atoms with Gasteiger partial charge in [-0.2, -0.15) is 26.3 Å². The summed E-state index contributed by atoms with van der Waals surface area (Å²) in [5.41, 5.74) is -1.34. The summed E-state index contributed by atoms with van der Waals surface area (Å²) in [4.78, 5) is 12.1. The number of halogens is 6. The van der Waals surface area contributed by atoms with Crippen molar-refractivity contribution in [2.24, 2.45) is 5.92 Å². The van der Waals surface area contributed by atoms with Crippen LogP contribution in [0, 0.1) is 5.92 Å². The van der Waals surface area contributed by atoms with Gasteiger partial charge in [-0.1, -0.05) is 56.3 Å². The molecule has 0 radical (unpaired) electrons. The molecule has 9 heteroatoms. The smallest absolute Gasteiger partial charge is 0.418 e. The minimum Gasteiger partial charge on any atom is -0.481 e. The molecule has 0 fully saturated rings. The van der Waals surface area contributed by atoms with Gasteiger partial charge in [-0.25, -0.2) is 0 Å². The molecule has 3 rings (SSSR count). The Labute approximate surface area is 204 Å². The molecule has 0 heterocycles. The van der Waals surface area contributed by atoms with Crippen LogP contribution in [0.25, 0.3) is 11.1 Å². The fraction of sp³-hybridized carbons (Fsp3) is 0.296. The molecule has 0 bridgehead atoms. The lowest BCUT2D eigenvalue weighted by Crippen LogP contribution is -2.21. The molecule has 0 saturated heterocycles. The molecule has 3 nitrogen and oxygen atoms in total. The molecule has 3 aromatic rings. The number of carboxylic acids is 1. The average Bonchev–Trinajstić information content (AvgIpc) is 2.80. The van der Waals surface area contributed by atoms with Crippen molar-refractivity contribution < 1.29 is 36.2 Å². The van der Waals surface area contributed by atoms with Crippen molar-refractivity contribution in [1.29, 1.82) is 0 Å². The van der Waals surface area contributed by atoms with E-state index in [1.165, 1.54) is 24.3 Å². The molecule has 0 aliphatic carbocycles. The molecule has 0 unspecified atom stereocenters. The molecule has 3 aromatic carbocycles. The monoisotopic (exact) mass is 509 g/mol. The number of alkyl halides is 6. The van der Waals surface area contributed by atoms with Gasteiger partial charge in [0, 0.05) is 12.2 Å². The molecule has 0 aromatic heterocycles. The Balaban J connectivity index is 2.13. The Morgan fingerprint density at radius 2 is 1.47 bits per heavy atom. The molecular formula is C27H25F6NO2. The first kappa shape index (κ1) is 27.1. The van der Waals surface area contributed by atoms with Gasteiger partial charge in [0.1, 0.15) is 0 Å². The zero-order valence-electron chi connectivity index (χ0n) is 19.5. The second kappa shape index (κ2) is 10.6. The molecule has 2 N–H and O–H groups in total. The van der Waals surface area contributed by atoms with E-state index in [9.17, 15) is 36.2 Å². The standard InChI is InChI=1S/C27H25F6NO2/c1-16(2)12-22(25(35)36)21-13-19(18-6-4-3-5-7-18)14-23(24(21)27(31,32)33)34-15-17-8-10-20(11-9-17)26(28,29)30/h3-11,13-14,16,22,34H,12,15H2,1-2H3,(H,35,36)/t22-/m1/s1. The lowest BCUT2D eigenvalue weighted by atomic mass is 9.84. The predicted octanol–water partition coefficient (Wildman–Crippen LogP) is 8.22. The van der Waals surface area contributed by atoms with E-state index in [0.29, 0.717) is 16.7 Å². The van der Waals surface area contributed by atoms with Crippen LogP contribution in [0.3, 0.4) is 0 Å². The van der Waals surface area contributed by atoms with Gasteiger partial charge in [0.2, 0.25) is 0 Å². The van der Waals surface area contributed by atoms with E-state index in [-0.39, 0.29) is 30.1 Å². The normalized spacial score (nSPS) is 13.0. The predicted molar refractivity (Wildman–Crippen MR) is 125 cm³/mol. The summed E-state index contributed by atoms with van der Waals surface area (Å²) in [7, 11) is 0. The summed E-state index contributed by atoms with van der Waals surface area (Å²) < 4.78 is 81.6. The topological polar surface area (TPSA) is 49.3 Å². The molecule has 0 saturated carbocycles. The molecule has 1 atom stereocenters. The van der Waals surface area contributed by atoms with E-state index in [1.54, 1.807) is 44.2 Å². The SMILES string of the molecule is CC(C)C[C@@H](C(=O)O)c1cc(-c2ccccc2)cc(NCc2ccc(C(F)(F)F)cc2)c1C(F)(F)F. The summed E-state index contributed by atoms with van der Waals surface area (Å²) in [6, 6.07) is 15.2. The average molecular weight is 509 g/mol. The fourth-order valence-corrected chi connectivity index (χ4v) is 4.03. The zero-order valence-corrected chi connectivity index (χ0v) is 19.5. The number of aliphatic carboxylic acids is 1. The Morgan fingerprint density at radius 1 is 0.861 bits per heavy atom. The van der Waals surface area contributed by atoms with E-state index in [0.717, 1.165) is 12.1 Å². The van der Waals surface area contributed by atoms with Crippen LogP contribution in [-0.4, -0.2) is 11.1 Å². The highest BCUT2D eigenvalue weighted by atomic mass is 19.4. The van der Waals surface area contributed by atoms with Gasteiger partial charge in [0.05, 0.1) is 17.0 Å². The fourth-order valence-electron chi connectivity index (χ4n) is 4.03. The van der Waals surface area contributed by atoms with Crippen LogP contribution in [0.5, 0.6) is 0 Å². The van der Waals surface area contributed by atoms with Crippen LogP contribution < -0.4 is 5.32 Å². The molecule has 192 valence electrons. The van der Waals surface area contributed by atoms with Gasteiger partial charge in [-0.3, -0.25) is 4.79 Å². The highest BCUT2D eigenvalue weighted by molar-refractivity contribution is 5.81. The van der Waals surface area contributed by atoms with Gasteiger partial charge in [-0.05, 0) is 58.9 Å². The molecular weight excluding hydrogens is 484 g/mol. The lowest BCUT2D eigenvalue weighted by molar-refractivity contribution is -0.142. The van der Waals surface area contributed by atoms with E-state index < -0.39 is 35.4 Å². The van der Waals surface area contributed by atoms with Crippen LogP contribution in [0.15, 0.2) is 66.7 Å². The third-order valence-electron chi connectivity index (χ3n) is 5.70. The van der Waals surface area contributed by atoms with Gasteiger partial charge in [0.15, 0.2) is 0 Å². The van der Waals surface area contributed by atoms with Gasteiger partial charge in [0.25, 0.3) is 0 Å². The van der Waals surface area contributed by atoms with Crippen molar-refractivity contribution in [2.75, 3.05) is 5.32 Å². The summed E-state index contributed by atoms with van der Waals surface area (Å²) in [5.74, 6) is -2.96. The number of nitrogens with one attached hydrogen (secondary N) is 1. The maximum atomic E-state index is 14.4. The Hall–Kier alpha value is -3.49. The maximum Gasteiger partial charge on any atom is 0.418 e. The van der Waals surface area contributed by atoms with Gasteiger partial charge in [-0.15, -0.1) is 0 Å². The highest BCUT2D eigenvalue weighted by Gasteiger charge is 2.40. The molecule has 0 spiro atoms. The Kier molecular flexibility index (Phi) is 8.01. The van der Waals surface area contributed by atoms with Crippen LogP contribution in [-0.2, 0) is 23.7 Å². The van der Waals surface area contributed by atoms with Crippen molar-refractivity contribution in [1.82, 2.24) is 0 Å². The first-order valence-corrected chi connectivity index (χ1v) is 11.2. The van der Waals surface area contributed by atoms with Crippen molar-refractivity contribution in [3.8, 4) is 11.1 Å². The van der Waals surface area contributed by atoms with Crippen LogP contribution >= 0.6 is 0 Å². The third-order valence-corrected chi connectivity index (χ3v) is 5.70. The summed E-state index contributed by atoms with van der Waals surface area (Å²) >= 11 is 0.